The van der Waals surface area contributed by atoms with Gasteiger partial charge in [0.1, 0.15) is 12.4 Å². The third-order valence-electron chi connectivity index (χ3n) is 10.5. The number of aromatic nitrogens is 2. The molecule has 312 valence electrons. The van der Waals surface area contributed by atoms with Gasteiger partial charge in [0, 0.05) is 48.9 Å². The van der Waals surface area contributed by atoms with Crippen molar-refractivity contribution in [2.24, 2.45) is 5.92 Å². The zero-order chi connectivity index (χ0) is 41.8. The molecule has 4 N–H and O–H groups in total. The van der Waals surface area contributed by atoms with Gasteiger partial charge in [0.05, 0.1) is 29.3 Å². The molecule has 4 aliphatic rings. The van der Waals surface area contributed by atoms with Crippen LogP contribution in [0, 0.1) is 5.92 Å². The Morgan fingerprint density at radius 3 is 2.16 bits per heavy atom. The van der Waals surface area contributed by atoms with Gasteiger partial charge in [-0.2, -0.15) is 36.3 Å². The molecule has 2 bridgehead atoms. The van der Waals surface area contributed by atoms with Crippen LogP contribution in [-0.4, -0.2) is 135 Å². The van der Waals surface area contributed by atoms with E-state index in [0.717, 1.165) is 77.3 Å². The summed E-state index contributed by atoms with van der Waals surface area (Å²) >= 11 is 6.71. The first-order valence-corrected chi connectivity index (χ1v) is 18.3. The number of aliphatic hydroxyl groups excluding tert-OH is 1. The van der Waals surface area contributed by atoms with Crippen LogP contribution in [0.3, 0.4) is 0 Å². The normalized spacial score (nSPS) is 21.9. The third kappa shape index (κ3) is 10.2. The highest BCUT2D eigenvalue weighted by Gasteiger charge is 2.49. The maximum Gasteiger partial charge on any atom is 0.490 e. The van der Waals surface area contributed by atoms with Crippen LogP contribution in [0.2, 0.25) is 5.02 Å². The number of rotatable bonds is 7. The minimum absolute atomic E-state index is 0.0614. The molecule has 3 fully saturated rings. The van der Waals surface area contributed by atoms with Crippen LogP contribution in [0.25, 0.3) is 10.8 Å². The average molecular weight is 835 g/mol. The number of carboxylic acid groups (broad SMARTS) is 3. The second-order valence-electron chi connectivity index (χ2n) is 14.1. The highest BCUT2D eigenvalue weighted by molar-refractivity contribution is 6.36. The van der Waals surface area contributed by atoms with Gasteiger partial charge in [-0.1, -0.05) is 35.9 Å². The third-order valence-corrected chi connectivity index (χ3v) is 10.8. The SMILES string of the molecule is CN1CCC[C@H]1COc1nc2c(c(N3C[C@H]4CC(CCO)[C@@H](C3)N4C(=O)O)n1)CCN(c1cccc3cccc(Cl)c13)C2.O=C(O)C(F)(F)F.O=C(O)C(F)(F)F. The molecule has 1 unspecified atom stereocenters. The Kier molecular flexibility index (Phi) is 13.5. The molecule has 0 spiro atoms. The summed E-state index contributed by atoms with van der Waals surface area (Å²) in [5, 5.41) is 36.8. The summed E-state index contributed by atoms with van der Waals surface area (Å²) < 4.78 is 69.8. The lowest BCUT2D eigenvalue weighted by atomic mass is 9.96. The molecule has 4 aliphatic heterocycles. The molecule has 3 aromatic rings. The van der Waals surface area contributed by atoms with E-state index >= 15 is 0 Å². The topological polar surface area (TPSA) is 180 Å². The van der Waals surface area contributed by atoms with Gasteiger partial charge in [0.15, 0.2) is 0 Å². The fraction of sp³-hybridized carbons (Fsp3) is 0.528. The van der Waals surface area contributed by atoms with Gasteiger partial charge < -0.3 is 39.9 Å². The van der Waals surface area contributed by atoms with Crippen LogP contribution in [0.5, 0.6) is 6.01 Å². The number of anilines is 2. The molecular weight excluding hydrogens is 794 g/mol. The van der Waals surface area contributed by atoms with Crippen LogP contribution in [0.4, 0.5) is 42.6 Å². The van der Waals surface area contributed by atoms with Crippen molar-refractivity contribution in [2.75, 3.05) is 56.2 Å². The fourth-order valence-corrected chi connectivity index (χ4v) is 8.12. The van der Waals surface area contributed by atoms with Crippen molar-refractivity contribution < 1.29 is 65.9 Å². The van der Waals surface area contributed by atoms with Crippen LogP contribution < -0.4 is 14.5 Å². The Morgan fingerprint density at radius 1 is 0.930 bits per heavy atom. The minimum atomic E-state index is -5.08. The molecule has 7 rings (SSSR count). The second kappa shape index (κ2) is 17.8. The average Bonchev–Trinajstić information content (AvgIpc) is 3.66. The fourth-order valence-electron chi connectivity index (χ4n) is 7.84. The quantitative estimate of drug-likeness (QED) is 0.219. The molecule has 21 heteroatoms. The predicted octanol–water partition coefficient (Wildman–Crippen LogP) is 5.53. The molecule has 0 saturated carbocycles. The minimum Gasteiger partial charge on any atom is -0.475 e. The summed E-state index contributed by atoms with van der Waals surface area (Å²) in [6.45, 7) is 4.17. The van der Waals surface area contributed by atoms with Gasteiger partial charge in [0.2, 0.25) is 0 Å². The van der Waals surface area contributed by atoms with Gasteiger partial charge in [-0.25, -0.2) is 14.4 Å². The van der Waals surface area contributed by atoms with Crippen LogP contribution >= 0.6 is 11.6 Å². The first-order chi connectivity index (χ1) is 26.8. The Balaban J connectivity index is 0.000000380. The molecule has 0 radical (unpaired) electrons. The van der Waals surface area contributed by atoms with E-state index in [1.54, 1.807) is 4.90 Å². The van der Waals surface area contributed by atoms with Crippen molar-refractivity contribution in [3.63, 3.8) is 0 Å². The van der Waals surface area contributed by atoms with Crippen molar-refractivity contribution in [2.45, 2.75) is 69.1 Å². The van der Waals surface area contributed by atoms with Crippen molar-refractivity contribution in [3.8, 4) is 6.01 Å². The summed E-state index contributed by atoms with van der Waals surface area (Å²) in [6, 6.07) is 12.7. The molecule has 5 heterocycles. The number of aliphatic carboxylic acids is 2. The van der Waals surface area contributed by atoms with E-state index in [0.29, 0.717) is 44.7 Å². The number of alkyl halides is 6. The number of halogens is 7. The molecule has 2 aromatic carbocycles. The van der Waals surface area contributed by atoms with E-state index in [2.05, 4.69) is 46.0 Å². The summed E-state index contributed by atoms with van der Waals surface area (Å²) in [7, 11) is 2.13. The van der Waals surface area contributed by atoms with Gasteiger partial charge in [0.25, 0.3) is 0 Å². The van der Waals surface area contributed by atoms with Crippen molar-refractivity contribution in [3.05, 3.63) is 52.7 Å². The Bertz CT molecular complexity index is 1910. The first kappa shape index (κ1) is 43.3. The smallest absolute Gasteiger partial charge is 0.475 e. The van der Waals surface area contributed by atoms with Crippen LogP contribution in [0.15, 0.2) is 36.4 Å². The lowest BCUT2D eigenvalue weighted by Gasteiger charge is -2.42. The van der Waals surface area contributed by atoms with Crippen molar-refractivity contribution in [1.82, 2.24) is 19.8 Å². The number of nitrogens with zero attached hydrogens (tertiary/aromatic N) is 6. The Hall–Kier alpha value is -4.82. The number of carbonyl (C=O) groups is 3. The molecule has 0 aliphatic carbocycles. The number of amides is 1. The molecular formula is C36H41ClF6N6O8. The number of likely N-dealkylation sites (N-methyl/N-ethyl adjacent to an activating group) is 1. The number of carboxylic acids is 2. The van der Waals surface area contributed by atoms with E-state index in [1.807, 2.05) is 12.1 Å². The molecule has 57 heavy (non-hydrogen) atoms. The number of likely N-dealkylation sites (tertiary alicyclic amines) is 1. The predicted molar refractivity (Wildman–Crippen MR) is 194 cm³/mol. The largest absolute Gasteiger partial charge is 0.490 e. The van der Waals surface area contributed by atoms with Gasteiger partial charge >= 0.3 is 36.4 Å². The molecule has 1 aromatic heterocycles. The maximum atomic E-state index is 12.2. The molecule has 14 nitrogen and oxygen atoms in total. The van der Waals surface area contributed by atoms with Gasteiger partial charge in [-0.05, 0) is 69.1 Å². The number of hydrogen-bond acceptors (Lipinski definition) is 10. The van der Waals surface area contributed by atoms with Crippen LogP contribution in [0.1, 0.15) is 36.9 Å². The Morgan fingerprint density at radius 2 is 1.58 bits per heavy atom. The number of fused-ring (bicyclic) bond motifs is 4. The van der Waals surface area contributed by atoms with E-state index in [9.17, 15) is 41.4 Å². The highest BCUT2D eigenvalue weighted by Crippen LogP contribution is 2.41. The lowest BCUT2D eigenvalue weighted by Crippen LogP contribution is -2.57. The van der Waals surface area contributed by atoms with E-state index < -0.39 is 30.4 Å². The summed E-state index contributed by atoms with van der Waals surface area (Å²) in [5.41, 5.74) is 3.13. The van der Waals surface area contributed by atoms with Gasteiger partial charge in [-0.15, -0.1) is 0 Å². The number of ether oxygens (including phenoxy) is 1. The maximum absolute atomic E-state index is 12.2. The lowest BCUT2D eigenvalue weighted by molar-refractivity contribution is -0.193. The zero-order valence-electron chi connectivity index (χ0n) is 30.5. The zero-order valence-corrected chi connectivity index (χ0v) is 31.3. The second-order valence-corrected chi connectivity index (χ2v) is 14.5. The number of piperazine rings is 1. The monoisotopic (exact) mass is 834 g/mol. The standard InChI is InChI=1S/C32H39ClN6O4.2C2HF3O2/c1-36-12-4-7-22(36)19-43-31-34-26-17-37(27-9-3-6-20-5-2-8-25(33)29(20)27)13-10-24(26)30(35-31)38-16-23-15-21(11-14-40)28(18-38)39(23)32(41)42;2*3-2(4,5)1(6)7/h2-3,5-6,8-9,21-23,28,40H,4,7,10-19H2,1H3,(H,41,42);2*(H,6,7)/t21?,22-,23+,28+;;/m0../s1. The number of aliphatic hydroxyl groups is 1. The molecule has 4 atom stereocenters. The number of benzene rings is 2. The van der Waals surface area contributed by atoms with E-state index in [1.165, 1.54) is 0 Å². The summed E-state index contributed by atoms with van der Waals surface area (Å²) in [5.74, 6) is -4.52. The van der Waals surface area contributed by atoms with Crippen LogP contribution in [-0.2, 0) is 22.6 Å². The summed E-state index contributed by atoms with van der Waals surface area (Å²) in [6.07, 6.45) is -6.67. The van der Waals surface area contributed by atoms with Crippen molar-refractivity contribution in [1.29, 1.82) is 0 Å². The van der Waals surface area contributed by atoms with E-state index in [-0.39, 0.29) is 24.6 Å². The summed E-state index contributed by atoms with van der Waals surface area (Å²) in [4.78, 5) is 48.5. The van der Waals surface area contributed by atoms with Gasteiger partial charge in [-0.3, -0.25) is 4.90 Å². The van der Waals surface area contributed by atoms with E-state index in [4.69, 9.17) is 46.1 Å². The Labute approximate surface area is 327 Å². The van der Waals surface area contributed by atoms with Crippen molar-refractivity contribution >= 4 is 51.9 Å². The molecule has 3 saturated heterocycles. The molecule has 1 amide bonds. The first-order valence-electron chi connectivity index (χ1n) is 17.9. The number of hydrogen-bond donors (Lipinski definition) is 4. The highest BCUT2D eigenvalue weighted by atomic mass is 35.5.